The molecule has 0 bridgehead atoms. The fourth-order valence-electron chi connectivity index (χ4n) is 2.13. The average Bonchev–Trinajstić information content (AvgIpc) is 2.52. The Bertz CT molecular complexity index is 669. The van der Waals surface area contributed by atoms with Crippen LogP contribution in [0, 0.1) is 13.8 Å². The molecule has 114 valence electrons. The van der Waals surface area contributed by atoms with Crippen molar-refractivity contribution < 1.29 is 9.59 Å². The quantitative estimate of drug-likeness (QED) is 0.849. The second-order valence-corrected chi connectivity index (χ2v) is 5.17. The fourth-order valence-corrected chi connectivity index (χ4v) is 2.13. The molecule has 5 heteroatoms. The lowest BCUT2D eigenvalue weighted by molar-refractivity contribution is -0.121. The van der Waals surface area contributed by atoms with Crippen molar-refractivity contribution in [3.63, 3.8) is 0 Å². The molecular weight excluding hydrogens is 278 g/mol. The van der Waals surface area contributed by atoms with E-state index < -0.39 is 0 Å². The maximum atomic E-state index is 11.8. The predicted octanol–water partition coefficient (Wildman–Crippen LogP) is 2.09. The van der Waals surface area contributed by atoms with Gasteiger partial charge < -0.3 is 0 Å². The van der Waals surface area contributed by atoms with Crippen molar-refractivity contribution in [3.05, 3.63) is 65.0 Å². The molecule has 5 nitrogen and oxygen atoms in total. The number of nitrogens with zero attached hydrogens (tertiary/aromatic N) is 1. The van der Waals surface area contributed by atoms with Gasteiger partial charge in [-0.05, 0) is 43.5 Å². The minimum atomic E-state index is -0.382. The normalized spacial score (nSPS) is 10.1. The van der Waals surface area contributed by atoms with E-state index in [4.69, 9.17) is 0 Å². The van der Waals surface area contributed by atoms with Crippen LogP contribution in [0.2, 0.25) is 0 Å². The van der Waals surface area contributed by atoms with Gasteiger partial charge >= 0.3 is 0 Å². The van der Waals surface area contributed by atoms with Gasteiger partial charge in [0.25, 0.3) is 5.91 Å². The van der Waals surface area contributed by atoms with Crippen molar-refractivity contribution in [3.8, 4) is 0 Å². The number of aryl methyl sites for hydroxylation is 3. The highest BCUT2D eigenvalue weighted by Gasteiger charge is 2.08. The van der Waals surface area contributed by atoms with Gasteiger partial charge in [0.2, 0.25) is 5.91 Å². The van der Waals surface area contributed by atoms with E-state index in [0.29, 0.717) is 18.4 Å². The standard InChI is InChI=1S/C17H19N3O2/c1-12-5-6-14(13(2)10-12)7-8-16(21)19-20-17(22)15-4-3-9-18-11-15/h3-6,9-11H,7-8H2,1-2H3,(H,19,21)(H,20,22). The molecule has 0 unspecified atom stereocenters. The molecule has 2 N–H and O–H groups in total. The molecule has 0 aliphatic rings. The van der Waals surface area contributed by atoms with E-state index in [-0.39, 0.29) is 11.8 Å². The highest BCUT2D eigenvalue weighted by atomic mass is 16.2. The zero-order valence-electron chi connectivity index (χ0n) is 12.7. The minimum absolute atomic E-state index is 0.225. The van der Waals surface area contributed by atoms with Crippen LogP contribution in [0.15, 0.2) is 42.7 Å². The summed E-state index contributed by atoms with van der Waals surface area (Å²) in [5.74, 6) is -0.606. The maximum absolute atomic E-state index is 11.8. The topological polar surface area (TPSA) is 71.1 Å². The number of hydrazine groups is 1. The molecule has 0 aliphatic carbocycles. The number of hydrogen-bond acceptors (Lipinski definition) is 3. The molecular formula is C17H19N3O2. The predicted molar refractivity (Wildman–Crippen MR) is 84.1 cm³/mol. The van der Waals surface area contributed by atoms with Crippen LogP contribution in [-0.4, -0.2) is 16.8 Å². The van der Waals surface area contributed by atoms with Gasteiger partial charge in [0.05, 0.1) is 5.56 Å². The monoisotopic (exact) mass is 297 g/mol. The Hall–Kier alpha value is -2.69. The Kier molecular flexibility index (Phi) is 5.25. The van der Waals surface area contributed by atoms with Crippen molar-refractivity contribution in [2.24, 2.45) is 0 Å². The number of carbonyl (C=O) groups excluding carboxylic acids is 2. The molecule has 1 aromatic carbocycles. The number of hydrogen-bond donors (Lipinski definition) is 2. The number of benzene rings is 1. The first kappa shape index (κ1) is 15.7. The second-order valence-electron chi connectivity index (χ2n) is 5.17. The van der Waals surface area contributed by atoms with E-state index in [2.05, 4.69) is 21.9 Å². The van der Waals surface area contributed by atoms with Crippen LogP contribution >= 0.6 is 0 Å². The lowest BCUT2D eigenvalue weighted by Gasteiger charge is -2.09. The van der Waals surface area contributed by atoms with Gasteiger partial charge in [-0.2, -0.15) is 0 Å². The van der Waals surface area contributed by atoms with Gasteiger partial charge in [0, 0.05) is 18.8 Å². The van der Waals surface area contributed by atoms with Crippen LogP contribution < -0.4 is 10.9 Å². The van der Waals surface area contributed by atoms with E-state index in [0.717, 1.165) is 5.56 Å². The van der Waals surface area contributed by atoms with Crippen molar-refractivity contribution in [1.82, 2.24) is 15.8 Å². The molecule has 1 heterocycles. The number of nitrogens with one attached hydrogen (secondary N) is 2. The Balaban J connectivity index is 1.80. The fraction of sp³-hybridized carbons (Fsp3) is 0.235. The SMILES string of the molecule is Cc1ccc(CCC(=O)NNC(=O)c2cccnc2)c(C)c1. The third kappa shape index (κ3) is 4.41. The Morgan fingerprint density at radius 2 is 1.95 bits per heavy atom. The molecule has 2 amide bonds. The molecule has 0 spiro atoms. The second kappa shape index (κ2) is 7.36. The van der Waals surface area contributed by atoms with Crippen molar-refractivity contribution in [2.75, 3.05) is 0 Å². The molecule has 1 aromatic heterocycles. The molecule has 0 radical (unpaired) electrons. The van der Waals surface area contributed by atoms with Crippen molar-refractivity contribution in [2.45, 2.75) is 26.7 Å². The number of amides is 2. The molecule has 2 aromatic rings. The van der Waals surface area contributed by atoms with Crippen LogP contribution in [0.25, 0.3) is 0 Å². The largest absolute Gasteiger partial charge is 0.273 e. The van der Waals surface area contributed by atoms with Gasteiger partial charge in [0.1, 0.15) is 0 Å². The smallest absolute Gasteiger partial charge is 0.271 e. The Morgan fingerprint density at radius 3 is 2.64 bits per heavy atom. The maximum Gasteiger partial charge on any atom is 0.271 e. The summed E-state index contributed by atoms with van der Waals surface area (Å²) in [4.78, 5) is 27.4. The van der Waals surface area contributed by atoms with Gasteiger partial charge in [-0.25, -0.2) is 0 Å². The molecule has 22 heavy (non-hydrogen) atoms. The summed E-state index contributed by atoms with van der Waals surface area (Å²) in [6, 6.07) is 9.45. The number of aromatic nitrogens is 1. The third-order valence-electron chi connectivity index (χ3n) is 3.36. The summed E-state index contributed by atoms with van der Waals surface area (Å²) in [6.45, 7) is 4.07. The zero-order chi connectivity index (χ0) is 15.9. The van der Waals surface area contributed by atoms with Gasteiger partial charge in [-0.1, -0.05) is 23.8 Å². The number of carbonyl (C=O) groups is 2. The first-order chi connectivity index (χ1) is 10.6. The summed E-state index contributed by atoms with van der Waals surface area (Å²) >= 11 is 0. The number of rotatable bonds is 4. The van der Waals surface area contributed by atoms with E-state index in [1.165, 1.54) is 17.3 Å². The van der Waals surface area contributed by atoms with E-state index in [1.807, 2.05) is 26.0 Å². The highest BCUT2D eigenvalue weighted by molar-refractivity contribution is 5.95. The van der Waals surface area contributed by atoms with Gasteiger partial charge in [-0.3, -0.25) is 25.4 Å². The summed E-state index contributed by atoms with van der Waals surface area (Å²) in [7, 11) is 0. The van der Waals surface area contributed by atoms with E-state index in [9.17, 15) is 9.59 Å². The third-order valence-corrected chi connectivity index (χ3v) is 3.36. The first-order valence-corrected chi connectivity index (χ1v) is 7.11. The summed E-state index contributed by atoms with van der Waals surface area (Å²) < 4.78 is 0. The molecule has 0 saturated carbocycles. The van der Waals surface area contributed by atoms with E-state index >= 15 is 0 Å². The molecule has 2 rings (SSSR count). The van der Waals surface area contributed by atoms with Crippen molar-refractivity contribution >= 4 is 11.8 Å². The zero-order valence-corrected chi connectivity index (χ0v) is 12.7. The molecule has 0 saturated heterocycles. The van der Waals surface area contributed by atoms with Crippen LogP contribution in [0.4, 0.5) is 0 Å². The van der Waals surface area contributed by atoms with Gasteiger partial charge in [-0.15, -0.1) is 0 Å². The Morgan fingerprint density at radius 1 is 1.14 bits per heavy atom. The summed E-state index contributed by atoms with van der Waals surface area (Å²) in [5.41, 5.74) is 8.71. The van der Waals surface area contributed by atoms with Crippen molar-refractivity contribution in [1.29, 1.82) is 0 Å². The van der Waals surface area contributed by atoms with Crippen LogP contribution in [-0.2, 0) is 11.2 Å². The molecule has 0 atom stereocenters. The summed E-state index contributed by atoms with van der Waals surface area (Å²) in [5, 5.41) is 0. The van der Waals surface area contributed by atoms with Crippen LogP contribution in [0.1, 0.15) is 33.5 Å². The molecule has 0 fully saturated rings. The first-order valence-electron chi connectivity index (χ1n) is 7.11. The van der Waals surface area contributed by atoms with E-state index in [1.54, 1.807) is 18.3 Å². The highest BCUT2D eigenvalue weighted by Crippen LogP contribution is 2.12. The minimum Gasteiger partial charge on any atom is -0.273 e. The van der Waals surface area contributed by atoms with Crippen LogP contribution in [0.3, 0.4) is 0 Å². The molecule has 0 aliphatic heterocycles. The summed E-state index contributed by atoms with van der Waals surface area (Å²) in [6.07, 6.45) is 3.98. The lowest BCUT2D eigenvalue weighted by atomic mass is 10.0. The van der Waals surface area contributed by atoms with Gasteiger partial charge in [0.15, 0.2) is 0 Å². The lowest BCUT2D eigenvalue weighted by Crippen LogP contribution is -2.41. The number of pyridine rings is 1. The van der Waals surface area contributed by atoms with Crippen LogP contribution in [0.5, 0.6) is 0 Å². The average molecular weight is 297 g/mol. The Labute approximate surface area is 129 Å².